The van der Waals surface area contributed by atoms with Crippen LogP contribution in [0.25, 0.3) is 0 Å². The number of methoxy groups -OCH3 is 2. The monoisotopic (exact) mass is 380 g/mol. The van der Waals surface area contributed by atoms with Gasteiger partial charge in [0.05, 0.1) is 25.2 Å². The molecule has 1 aliphatic heterocycles. The summed E-state index contributed by atoms with van der Waals surface area (Å²) in [6.07, 6.45) is 3.26. The number of hydrogen-bond acceptors (Lipinski definition) is 6. The van der Waals surface area contributed by atoms with Gasteiger partial charge in [-0.15, -0.1) is 0 Å². The van der Waals surface area contributed by atoms with Crippen molar-refractivity contribution < 1.29 is 22.4 Å². The molecule has 0 unspecified atom stereocenters. The molecule has 2 aromatic rings. The van der Waals surface area contributed by atoms with Crippen molar-refractivity contribution in [2.75, 3.05) is 20.8 Å². The third-order valence-electron chi connectivity index (χ3n) is 4.58. The van der Waals surface area contributed by atoms with Gasteiger partial charge in [0.25, 0.3) is 0 Å². The second-order valence-electron chi connectivity index (χ2n) is 6.26. The molecule has 142 valence electrons. The second kappa shape index (κ2) is 7.67. The van der Waals surface area contributed by atoms with Crippen LogP contribution in [0.2, 0.25) is 0 Å². The van der Waals surface area contributed by atoms with Crippen molar-refractivity contribution in [2.24, 2.45) is 0 Å². The van der Waals surface area contributed by atoms with Crippen LogP contribution in [0.3, 0.4) is 0 Å². The Kier molecular flexibility index (Phi) is 5.52. The highest BCUT2D eigenvalue weighted by molar-refractivity contribution is 7.89. The maximum absolute atomic E-state index is 13.2. The van der Waals surface area contributed by atoms with E-state index in [-0.39, 0.29) is 10.9 Å². The van der Waals surface area contributed by atoms with Gasteiger partial charge in [0, 0.05) is 25.1 Å². The number of hydrogen-bond donors (Lipinski definition) is 0. The first kappa shape index (κ1) is 18.7. The van der Waals surface area contributed by atoms with Gasteiger partial charge in [0.1, 0.15) is 11.5 Å². The van der Waals surface area contributed by atoms with Crippen molar-refractivity contribution in [3.05, 3.63) is 35.7 Å². The molecule has 0 radical (unpaired) electrons. The molecule has 1 fully saturated rings. The zero-order valence-electron chi connectivity index (χ0n) is 15.3. The Morgan fingerprint density at radius 3 is 2.69 bits per heavy atom. The van der Waals surface area contributed by atoms with Crippen molar-refractivity contribution in [1.29, 1.82) is 0 Å². The zero-order chi connectivity index (χ0) is 18.7. The highest BCUT2D eigenvalue weighted by Gasteiger charge is 2.38. The first-order chi connectivity index (χ1) is 12.5. The topological polar surface area (TPSA) is 81.9 Å². The Balaban J connectivity index is 1.92. The molecular formula is C18H24N2O5S. The lowest BCUT2D eigenvalue weighted by Gasteiger charge is -2.23. The number of sulfonamides is 1. The summed E-state index contributed by atoms with van der Waals surface area (Å²) in [5, 5.41) is 4.11. The molecule has 7 nitrogen and oxygen atoms in total. The molecule has 0 amide bonds. The molecule has 0 saturated carbocycles. The highest BCUT2D eigenvalue weighted by atomic mass is 32.2. The van der Waals surface area contributed by atoms with Crippen molar-refractivity contribution >= 4 is 10.0 Å². The molecule has 0 N–H and O–H groups in total. The molecule has 1 aromatic carbocycles. The van der Waals surface area contributed by atoms with E-state index >= 15 is 0 Å². The van der Waals surface area contributed by atoms with E-state index in [1.807, 2.05) is 6.07 Å². The lowest BCUT2D eigenvalue weighted by atomic mass is 10.1. The van der Waals surface area contributed by atoms with Crippen LogP contribution >= 0.6 is 0 Å². The van der Waals surface area contributed by atoms with Gasteiger partial charge in [-0.05, 0) is 31.4 Å². The Bertz CT molecular complexity index is 862. The second-order valence-corrected chi connectivity index (χ2v) is 8.15. The minimum atomic E-state index is -3.68. The molecule has 1 saturated heterocycles. The van der Waals surface area contributed by atoms with Gasteiger partial charge in [-0.2, -0.15) is 4.31 Å². The van der Waals surface area contributed by atoms with Crippen LogP contribution in [-0.2, 0) is 16.4 Å². The van der Waals surface area contributed by atoms with Crippen LogP contribution in [-0.4, -0.2) is 38.6 Å². The quantitative estimate of drug-likeness (QED) is 0.734. The van der Waals surface area contributed by atoms with E-state index in [4.69, 9.17) is 14.0 Å². The summed E-state index contributed by atoms with van der Waals surface area (Å²) in [5.41, 5.74) is 0.676. The third kappa shape index (κ3) is 3.43. The van der Waals surface area contributed by atoms with E-state index in [0.717, 1.165) is 31.4 Å². The fourth-order valence-electron chi connectivity index (χ4n) is 3.29. The largest absolute Gasteiger partial charge is 0.493 e. The molecule has 3 rings (SSSR count). The molecule has 1 aromatic heterocycles. The number of ether oxygens (including phenoxy) is 2. The average Bonchev–Trinajstić information content (AvgIpc) is 3.30. The van der Waals surface area contributed by atoms with Gasteiger partial charge in [0.15, 0.2) is 11.5 Å². The lowest BCUT2D eigenvalue weighted by molar-refractivity contribution is 0.342. The van der Waals surface area contributed by atoms with Gasteiger partial charge in [0.2, 0.25) is 10.0 Å². The van der Waals surface area contributed by atoms with E-state index < -0.39 is 10.0 Å². The Morgan fingerprint density at radius 2 is 2.00 bits per heavy atom. The van der Waals surface area contributed by atoms with Gasteiger partial charge < -0.3 is 14.0 Å². The standard InChI is InChI=1S/C18H24N2O5S/c1-4-6-13-11-15(19-25-13)16-7-5-10-20(16)26(21,22)14-8-9-17(23-2)18(12-14)24-3/h8-9,11-12,16H,4-7,10H2,1-3H3/t16-/m1/s1. The zero-order valence-corrected chi connectivity index (χ0v) is 16.1. The maximum Gasteiger partial charge on any atom is 0.243 e. The summed E-state index contributed by atoms with van der Waals surface area (Å²) in [5.74, 6) is 1.67. The van der Waals surface area contributed by atoms with E-state index in [0.29, 0.717) is 23.7 Å². The predicted molar refractivity (Wildman–Crippen MR) is 95.9 cm³/mol. The summed E-state index contributed by atoms with van der Waals surface area (Å²) < 4.78 is 43.7. The lowest BCUT2D eigenvalue weighted by Crippen LogP contribution is -2.30. The van der Waals surface area contributed by atoms with Crippen LogP contribution in [0.1, 0.15) is 43.7 Å². The first-order valence-electron chi connectivity index (χ1n) is 8.70. The minimum absolute atomic E-state index is 0.180. The number of nitrogens with zero attached hydrogens (tertiary/aromatic N) is 2. The molecule has 2 heterocycles. The van der Waals surface area contributed by atoms with Crippen molar-refractivity contribution in [1.82, 2.24) is 9.46 Å². The molecule has 26 heavy (non-hydrogen) atoms. The molecule has 1 atom stereocenters. The van der Waals surface area contributed by atoms with Gasteiger partial charge in [-0.25, -0.2) is 8.42 Å². The first-order valence-corrected chi connectivity index (χ1v) is 10.1. The van der Waals surface area contributed by atoms with Crippen LogP contribution in [0.4, 0.5) is 0 Å². The molecule has 0 bridgehead atoms. The third-order valence-corrected chi connectivity index (χ3v) is 6.48. The molecule has 1 aliphatic rings. The fraction of sp³-hybridized carbons (Fsp3) is 0.500. The Labute approximate surface area is 153 Å². The van der Waals surface area contributed by atoms with Crippen LogP contribution in [0.5, 0.6) is 11.5 Å². The van der Waals surface area contributed by atoms with Crippen LogP contribution in [0.15, 0.2) is 33.7 Å². The Hall–Kier alpha value is -2.06. The summed E-state index contributed by atoms with van der Waals surface area (Å²) in [6, 6.07) is 6.21. The van der Waals surface area contributed by atoms with E-state index in [1.54, 1.807) is 6.07 Å². The average molecular weight is 380 g/mol. The van der Waals surface area contributed by atoms with Gasteiger partial charge in [-0.1, -0.05) is 12.1 Å². The molecule has 0 spiro atoms. The van der Waals surface area contributed by atoms with Crippen molar-refractivity contribution in [3.8, 4) is 11.5 Å². The number of benzene rings is 1. The maximum atomic E-state index is 13.2. The number of rotatable bonds is 7. The Morgan fingerprint density at radius 1 is 1.23 bits per heavy atom. The van der Waals surface area contributed by atoms with E-state index in [1.165, 1.54) is 30.7 Å². The van der Waals surface area contributed by atoms with Gasteiger partial charge in [-0.3, -0.25) is 0 Å². The molecule has 8 heteroatoms. The summed E-state index contributed by atoms with van der Waals surface area (Å²) in [6.45, 7) is 2.52. The summed E-state index contributed by atoms with van der Waals surface area (Å²) >= 11 is 0. The van der Waals surface area contributed by atoms with E-state index in [9.17, 15) is 8.42 Å². The molecule has 0 aliphatic carbocycles. The van der Waals surface area contributed by atoms with Crippen LogP contribution in [0, 0.1) is 0 Å². The fourth-order valence-corrected chi connectivity index (χ4v) is 4.97. The van der Waals surface area contributed by atoms with Gasteiger partial charge >= 0.3 is 0 Å². The minimum Gasteiger partial charge on any atom is -0.493 e. The van der Waals surface area contributed by atoms with Crippen molar-refractivity contribution in [3.63, 3.8) is 0 Å². The summed E-state index contributed by atoms with van der Waals surface area (Å²) in [7, 11) is -0.682. The number of aryl methyl sites for hydroxylation is 1. The van der Waals surface area contributed by atoms with Crippen LogP contribution < -0.4 is 9.47 Å². The SMILES string of the molecule is CCCc1cc([C@H]2CCCN2S(=O)(=O)c2ccc(OC)c(OC)c2)no1. The highest BCUT2D eigenvalue weighted by Crippen LogP contribution is 2.38. The number of aromatic nitrogens is 1. The predicted octanol–water partition coefficient (Wildman–Crippen LogP) is 3.17. The normalized spacial score (nSPS) is 18.2. The van der Waals surface area contributed by atoms with E-state index in [2.05, 4.69) is 12.1 Å². The summed E-state index contributed by atoms with van der Waals surface area (Å²) in [4.78, 5) is 0.180. The smallest absolute Gasteiger partial charge is 0.243 e. The molecular weight excluding hydrogens is 356 g/mol. The van der Waals surface area contributed by atoms with Crippen molar-refractivity contribution in [2.45, 2.75) is 43.5 Å².